The van der Waals surface area contributed by atoms with Crippen LogP contribution in [0.1, 0.15) is 32.8 Å². The van der Waals surface area contributed by atoms with Crippen molar-refractivity contribution in [1.29, 1.82) is 0 Å². The molecule has 29 heavy (non-hydrogen) atoms. The third kappa shape index (κ3) is 4.59. The number of nitrogens with one attached hydrogen (secondary N) is 2. The van der Waals surface area contributed by atoms with Gasteiger partial charge in [0.15, 0.2) is 0 Å². The molecule has 2 saturated heterocycles. The molecule has 0 aliphatic carbocycles. The number of nitrogens with zero attached hydrogens (tertiary/aromatic N) is 2. The molecule has 1 aromatic carbocycles. The number of carbonyl (C=O) groups excluding carboxylic acids is 3. The lowest BCUT2D eigenvalue weighted by molar-refractivity contribution is -0.130. The fourth-order valence-corrected chi connectivity index (χ4v) is 4.44. The quantitative estimate of drug-likeness (QED) is 0.667. The summed E-state index contributed by atoms with van der Waals surface area (Å²) in [6, 6.07) is 5.75. The topological polar surface area (TPSA) is 116 Å². The van der Waals surface area contributed by atoms with Gasteiger partial charge in [-0.2, -0.15) is 0 Å². The number of hydrogen-bond donors (Lipinski definition) is 2. The third-order valence-corrected chi connectivity index (χ3v) is 6.62. The van der Waals surface area contributed by atoms with E-state index in [0.29, 0.717) is 13.0 Å². The molecule has 9 nitrogen and oxygen atoms in total. The summed E-state index contributed by atoms with van der Waals surface area (Å²) < 4.78 is 27.3. The first-order chi connectivity index (χ1) is 13.5. The minimum Gasteiger partial charge on any atom is -0.339 e. The molecule has 2 aliphatic rings. The third-order valence-electron chi connectivity index (χ3n) is 5.20. The first-order valence-electron chi connectivity index (χ1n) is 9.47. The summed E-state index contributed by atoms with van der Waals surface area (Å²) in [6.45, 7) is 6.28. The maximum atomic E-state index is 12.5. The van der Waals surface area contributed by atoms with E-state index >= 15 is 0 Å². The molecular formula is C19H26N4O5S. The first kappa shape index (κ1) is 21.3. The number of sulfonamides is 1. The standard InChI is InChI=1S/C19H26N4O5S/c1-19(2,3)13-4-6-15(7-5-13)29(27,28)21-11-16(24)22-9-8-14(12-22)23-17(25)10-20-18(23)26/h4-7,14,21H,8-12H2,1-3H3,(H,20,26). The number of likely N-dealkylation sites (tertiary alicyclic amines) is 1. The lowest BCUT2D eigenvalue weighted by Crippen LogP contribution is -2.44. The van der Waals surface area contributed by atoms with Crippen LogP contribution in [0.2, 0.25) is 0 Å². The average molecular weight is 423 g/mol. The Bertz CT molecular complexity index is 905. The first-order valence-corrected chi connectivity index (χ1v) is 11.0. The SMILES string of the molecule is CC(C)(C)c1ccc(S(=O)(=O)NCC(=O)N2CCC(N3C(=O)CNC3=O)C2)cc1. The van der Waals surface area contributed by atoms with Crippen molar-refractivity contribution < 1.29 is 22.8 Å². The highest BCUT2D eigenvalue weighted by Crippen LogP contribution is 2.23. The van der Waals surface area contributed by atoms with Gasteiger partial charge in [-0.1, -0.05) is 32.9 Å². The van der Waals surface area contributed by atoms with Crippen molar-refractivity contribution in [1.82, 2.24) is 19.8 Å². The summed E-state index contributed by atoms with van der Waals surface area (Å²) in [4.78, 5) is 38.7. The molecule has 10 heteroatoms. The Morgan fingerprint density at radius 2 is 1.86 bits per heavy atom. The fourth-order valence-electron chi connectivity index (χ4n) is 3.47. The zero-order chi connectivity index (χ0) is 21.4. The van der Waals surface area contributed by atoms with Gasteiger partial charge in [0.1, 0.15) is 0 Å². The lowest BCUT2D eigenvalue weighted by atomic mass is 9.87. The predicted molar refractivity (Wildman–Crippen MR) is 106 cm³/mol. The zero-order valence-corrected chi connectivity index (χ0v) is 17.6. The predicted octanol–water partition coefficient (Wildman–Crippen LogP) is 0.415. The molecule has 0 bridgehead atoms. The Labute approximate surface area is 170 Å². The van der Waals surface area contributed by atoms with Crippen molar-refractivity contribution in [3.05, 3.63) is 29.8 Å². The van der Waals surface area contributed by atoms with E-state index in [2.05, 4.69) is 10.0 Å². The highest BCUT2D eigenvalue weighted by Gasteiger charge is 2.39. The smallest absolute Gasteiger partial charge is 0.324 e. The molecule has 3 rings (SSSR count). The molecule has 1 atom stereocenters. The summed E-state index contributed by atoms with van der Waals surface area (Å²) in [5.74, 6) is -0.705. The van der Waals surface area contributed by atoms with Crippen LogP contribution in [0.4, 0.5) is 4.79 Å². The molecule has 0 saturated carbocycles. The number of carbonyl (C=O) groups is 3. The Hall–Kier alpha value is -2.46. The van der Waals surface area contributed by atoms with Gasteiger partial charge < -0.3 is 10.2 Å². The monoisotopic (exact) mass is 422 g/mol. The minimum atomic E-state index is -3.82. The molecule has 1 unspecified atom stereocenters. The van der Waals surface area contributed by atoms with Gasteiger partial charge in [0, 0.05) is 13.1 Å². The molecule has 1 aromatic rings. The second kappa shape index (κ2) is 7.75. The van der Waals surface area contributed by atoms with Crippen LogP contribution in [0.3, 0.4) is 0 Å². The van der Waals surface area contributed by atoms with Crippen LogP contribution in [0.15, 0.2) is 29.2 Å². The zero-order valence-electron chi connectivity index (χ0n) is 16.8. The Kier molecular flexibility index (Phi) is 5.68. The number of imide groups is 1. The van der Waals surface area contributed by atoms with E-state index < -0.39 is 22.0 Å². The van der Waals surface area contributed by atoms with Crippen LogP contribution in [0, 0.1) is 0 Å². The van der Waals surface area contributed by atoms with E-state index in [1.54, 1.807) is 12.1 Å². The van der Waals surface area contributed by atoms with Crippen LogP contribution in [0.5, 0.6) is 0 Å². The lowest BCUT2D eigenvalue weighted by Gasteiger charge is -2.21. The van der Waals surface area contributed by atoms with Crippen LogP contribution >= 0.6 is 0 Å². The number of urea groups is 1. The summed E-state index contributed by atoms with van der Waals surface area (Å²) in [5.41, 5.74) is 0.919. The second-order valence-electron chi connectivity index (χ2n) is 8.30. The van der Waals surface area contributed by atoms with E-state index in [0.717, 1.165) is 10.5 Å². The van der Waals surface area contributed by atoms with Crippen molar-refractivity contribution in [2.24, 2.45) is 0 Å². The van der Waals surface area contributed by atoms with Gasteiger partial charge in [-0.05, 0) is 29.5 Å². The maximum absolute atomic E-state index is 12.5. The van der Waals surface area contributed by atoms with E-state index in [1.165, 1.54) is 17.0 Å². The van der Waals surface area contributed by atoms with Crippen LogP contribution in [-0.4, -0.2) is 68.3 Å². The Morgan fingerprint density at radius 3 is 2.41 bits per heavy atom. The molecule has 2 aliphatic heterocycles. The summed E-state index contributed by atoms with van der Waals surface area (Å²) in [5, 5.41) is 2.46. The van der Waals surface area contributed by atoms with Gasteiger partial charge in [-0.3, -0.25) is 14.5 Å². The minimum absolute atomic E-state index is 0.0307. The van der Waals surface area contributed by atoms with Crippen LogP contribution < -0.4 is 10.0 Å². The Morgan fingerprint density at radius 1 is 1.21 bits per heavy atom. The average Bonchev–Trinajstić information content (AvgIpc) is 3.25. The summed E-state index contributed by atoms with van der Waals surface area (Å²) >= 11 is 0. The van der Waals surface area contributed by atoms with Gasteiger partial charge in [0.2, 0.25) is 21.8 Å². The summed E-state index contributed by atoms with van der Waals surface area (Å²) in [7, 11) is -3.82. The number of rotatable bonds is 5. The molecular weight excluding hydrogens is 396 g/mol. The fraction of sp³-hybridized carbons (Fsp3) is 0.526. The van der Waals surface area contributed by atoms with Crippen molar-refractivity contribution in [2.45, 2.75) is 43.5 Å². The van der Waals surface area contributed by atoms with Crippen molar-refractivity contribution in [3.8, 4) is 0 Å². The van der Waals surface area contributed by atoms with E-state index in [4.69, 9.17) is 0 Å². The number of benzene rings is 1. The highest BCUT2D eigenvalue weighted by molar-refractivity contribution is 7.89. The van der Waals surface area contributed by atoms with Crippen LogP contribution in [-0.2, 0) is 25.0 Å². The van der Waals surface area contributed by atoms with E-state index in [1.807, 2.05) is 20.8 Å². The molecule has 2 N–H and O–H groups in total. The molecule has 0 radical (unpaired) electrons. The highest BCUT2D eigenvalue weighted by atomic mass is 32.2. The van der Waals surface area contributed by atoms with Gasteiger partial charge >= 0.3 is 6.03 Å². The molecule has 2 fully saturated rings. The van der Waals surface area contributed by atoms with E-state index in [-0.39, 0.29) is 41.9 Å². The van der Waals surface area contributed by atoms with Gasteiger partial charge in [-0.25, -0.2) is 17.9 Å². The molecule has 158 valence electrons. The largest absolute Gasteiger partial charge is 0.339 e. The van der Waals surface area contributed by atoms with Crippen molar-refractivity contribution >= 4 is 27.9 Å². The molecule has 0 spiro atoms. The van der Waals surface area contributed by atoms with Gasteiger partial charge in [-0.15, -0.1) is 0 Å². The van der Waals surface area contributed by atoms with E-state index in [9.17, 15) is 22.8 Å². The second-order valence-corrected chi connectivity index (χ2v) is 10.1. The van der Waals surface area contributed by atoms with Gasteiger partial charge in [0.05, 0.1) is 24.0 Å². The Balaban J connectivity index is 1.57. The van der Waals surface area contributed by atoms with Crippen LogP contribution in [0.25, 0.3) is 0 Å². The molecule has 0 aromatic heterocycles. The number of amides is 4. The van der Waals surface area contributed by atoms with Gasteiger partial charge in [0.25, 0.3) is 0 Å². The maximum Gasteiger partial charge on any atom is 0.324 e. The number of hydrogen-bond acceptors (Lipinski definition) is 5. The normalized spacial score (nSPS) is 20.3. The summed E-state index contributed by atoms with van der Waals surface area (Å²) in [6.07, 6.45) is 0.478. The van der Waals surface area contributed by atoms with Crippen molar-refractivity contribution in [2.75, 3.05) is 26.2 Å². The molecule has 2 heterocycles. The molecule has 4 amide bonds. The van der Waals surface area contributed by atoms with Crippen molar-refractivity contribution in [3.63, 3.8) is 0 Å².